The Balaban J connectivity index is 1.52. The van der Waals surface area contributed by atoms with Crippen molar-refractivity contribution < 1.29 is 34.1 Å². The number of nitrogens with one attached hydrogen (secondary N) is 3. The number of aliphatic hydroxyl groups excluding tert-OH is 1. The minimum absolute atomic E-state index is 0.271. The molecule has 0 spiro atoms. The molecular formula is C29H38N4O7. The molecule has 0 aromatic heterocycles. The summed E-state index contributed by atoms with van der Waals surface area (Å²) in [6, 6.07) is 12.1. The highest BCUT2D eigenvalue weighted by Gasteiger charge is 2.32. The Bertz CT molecular complexity index is 1200. The van der Waals surface area contributed by atoms with Gasteiger partial charge in [0, 0.05) is 6.54 Å². The lowest BCUT2D eigenvalue weighted by molar-refractivity contribution is -0.148. The van der Waals surface area contributed by atoms with E-state index in [1.165, 1.54) is 11.9 Å². The van der Waals surface area contributed by atoms with Crippen molar-refractivity contribution in [3.05, 3.63) is 54.1 Å². The molecule has 1 fully saturated rings. The molecule has 3 rings (SSSR count). The summed E-state index contributed by atoms with van der Waals surface area (Å²) in [4.78, 5) is 49.6. The summed E-state index contributed by atoms with van der Waals surface area (Å²) >= 11 is 0. The maximum absolute atomic E-state index is 12.9. The van der Waals surface area contributed by atoms with Crippen LogP contribution in [0.3, 0.4) is 0 Å². The molecule has 40 heavy (non-hydrogen) atoms. The summed E-state index contributed by atoms with van der Waals surface area (Å²) in [5.74, 6) is -2.32. The SMILES string of the molecule is CC(C)C(NC(=O)COc1ccc(-c2cccc([C@@H](C)O)c2)cc1)C(=O)N[C@@H](C)C(=O)N1CCC[C@@H](C(=O)O)N1. The smallest absolute Gasteiger partial charge is 0.322 e. The van der Waals surface area contributed by atoms with Gasteiger partial charge in [0.2, 0.25) is 5.91 Å². The van der Waals surface area contributed by atoms with Crippen LogP contribution < -0.4 is 20.8 Å². The van der Waals surface area contributed by atoms with Crippen molar-refractivity contribution in [3.8, 4) is 16.9 Å². The van der Waals surface area contributed by atoms with E-state index < -0.39 is 47.9 Å². The van der Waals surface area contributed by atoms with Gasteiger partial charge in [-0.15, -0.1) is 0 Å². The molecule has 0 saturated carbocycles. The first kappa shape index (κ1) is 30.6. The number of aliphatic carboxylic acids is 1. The zero-order valence-electron chi connectivity index (χ0n) is 23.2. The Morgan fingerprint density at radius 3 is 2.35 bits per heavy atom. The van der Waals surface area contributed by atoms with Crippen molar-refractivity contribution in [1.29, 1.82) is 0 Å². The van der Waals surface area contributed by atoms with Gasteiger partial charge in [0.15, 0.2) is 6.61 Å². The van der Waals surface area contributed by atoms with E-state index >= 15 is 0 Å². The number of hydrazine groups is 1. The average molecular weight is 555 g/mol. The standard InChI is InChI=1S/C29H38N4O7/c1-17(2)26(27(36)30-18(3)28(37)33-14-6-9-24(32-33)29(38)39)31-25(35)16-40-23-12-10-20(11-13-23)22-8-5-7-21(15-22)19(4)34/h5,7-8,10-13,15,17-19,24,26,32,34H,6,9,14,16H2,1-4H3,(H,30,36)(H,31,35)(H,38,39)/t18-,19+,24-,26?/m0/s1. The van der Waals surface area contributed by atoms with Gasteiger partial charge in [0.1, 0.15) is 23.9 Å². The molecule has 1 heterocycles. The predicted molar refractivity (Wildman–Crippen MR) is 148 cm³/mol. The molecule has 5 N–H and O–H groups in total. The number of hydrogen-bond acceptors (Lipinski definition) is 7. The van der Waals surface area contributed by atoms with Crippen LogP contribution in [0.25, 0.3) is 11.1 Å². The van der Waals surface area contributed by atoms with E-state index in [1.54, 1.807) is 32.9 Å². The van der Waals surface area contributed by atoms with Crippen molar-refractivity contribution in [2.45, 2.75) is 64.8 Å². The lowest BCUT2D eigenvalue weighted by Gasteiger charge is -2.34. The molecule has 1 aliphatic rings. The molecule has 3 amide bonds. The lowest BCUT2D eigenvalue weighted by Crippen LogP contribution is -2.60. The van der Waals surface area contributed by atoms with Gasteiger partial charge in [-0.2, -0.15) is 0 Å². The van der Waals surface area contributed by atoms with Crippen LogP contribution in [-0.2, 0) is 19.2 Å². The molecular weight excluding hydrogens is 516 g/mol. The highest BCUT2D eigenvalue weighted by atomic mass is 16.5. The third-order valence-corrected chi connectivity index (χ3v) is 6.67. The maximum atomic E-state index is 12.9. The number of carbonyl (C=O) groups is 4. The predicted octanol–water partition coefficient (Wildman–Crippen LogP) is 2.01. The number of nitrogens with zero attached hydrogens (tertiary/aromatic N) is 1. The third kappa shape index (κ3) is 8.27. The summed E-state index contributed by atoms with van der Waals surface area (Å²) in [6.45, 7) is 6.79. The van der Waals surface area contributed by atoms with Gasteiger partial charge in [-0.3, -0.25) is 24.2 Å². The number of carboxylic acids is 1. The molecule has 2 aromatic rings. The van der Waals surface area contributed by atoms with E-state index in [2.05, 4.69) is 16.1 Å². The molecule has 0 radical (unpaired) electrons. The summed E-state index contributed by atoms with van der Waals surface area (Å²) in [5.41, 5.74) is 5.36. The summed E-state index contributed by atoms with van der Waals surface area (Å²) in [7, 11) is 0. The number of rotatable bonds is 11. The molecule has 2 aromatic carbocycles. The van der Waals surface area contributed by atoms with Gasteiger partial charge in [-0.1, -0.05) is 44.2 Å². The Labute approximate surface area is 233 Å². The number of carbonyl (C=O) groups excluding carboxylic acids is 3. The van der Waals surface area contributed by atoms with Crippen molar-refractivity contribution >= 4 is 23.7 Å². The largest absolute Gasteiger partial charge is 0.484 e. The van der Waals surface area contributed by atoms with E-state index in [4.69, 9.17) is 4.74 Å². The molecule has 11 nitrogen and oxygen atoms in total. The Morgan fingerprint density at radius 2 is 1.73 bits per heavy atom. The first-order valence-corrected chi connectivity index (χ1v) is 13.4. The second-order valence-electron chi connectivity index (χ2n) is 10.3. The summed E-state index contributed by atoms with van der Waals surface area (Å²) in [5, 5.41) is 25.5. The molecule has 0 aliphatic carbocycles. The molecule has 11 heteroatoms. The first-order valence-electron chi connectivity index (χ1n) is 13.4. The topological polar surface area (TPSA) is 157 Å². The summed E-state index contributed by atoms with van der Waals surface area (Å²) in [6.07, 6.45) is 0.366. The number of amides is 3. The van der Waals surface area contributed by atoms with E-state index in [0.29, 0.717) is 25.1 Å². The number of hydrogen-bond donors (Lipinski definition) is 5. The van der Waals surface area contributed by atoms with Crippen LogP contribution >= 0.6 is 0 Å². The molecule has 4 atom stereocenters. The monoisotopic (exact) mass is 554 g/mol. The highest BCUT2D eigenvalue weighted by Crippen LogP contribution is 2.25. The third-order valence-electron chi connectivity index (χ3n) is 6.67. The highest BCUT2D eigenvalue weighted by molar-refractivity contribution is 5.92. The minimum Gasteiger partial charge on any atom is -0.484 e. The normalized spacial score (nSPS) is 17.4. The fourth-order valence-electron chi connectivity index (χ4n) is 4.34. The second kappa shape index (κ2) is 13.9. The number of aliphatic hydroxyl groups is 1. The Hall–Kier alpha value is -3.96. The number of ether oxygens (including phenoxy) is 1. The summed E-state index contributed by atoms with van der Waals surface area (Å²) < 4.78 is 5.61. The molecule has 1 unspecified atom stereocenters. The van der Waals surface area contributed by atoms with E-state index in [9.17, 15) is 29.4 Å². The van der Waals surface area contributed by atoms with Crippen LogP contribution in [0.2, 0.25) is 0 Å². The minimum atomic E-state index is -1.04. The molecule has 0 bridgehead atoms. The average Bonchev–Trinajstić information content (AvgIpc) is 2.94. The number of carboxylic acid groups (broad SMARTS) is 1. The molecule has 1 aliphatic heterocycles. The van der Waals surface area contributed by atoms with Gasteiger partial charge >= 0.3 is 5.97 Å². The van der Waals surface area contributed by atoms with Crippen LogP contribution in [0.15, 0.2) is 48.5 Å². The van der Waals surface area contributed by atoms with Crippen molar-refractivity contribution in [1.82, 2.24) is 21.1 Å². The van der Waals surface area contributed by atoms with Crippen LogP contribution in [0, 0.1) is 5.92 Å². The van der Waals surface area contributed by atoms with Crippen LogP contribution in [0.1, 0.15) is 52.2 Å². The van der Waals surface area contributed by atoms with Gasteiger partial charge < -0.3 is 25.6 Å². The van der Waals surface area contributed by atoms with Crippen LogP contribution in [-0.4, -0.2) is 70.2 Å². The number of benzene rings is 2. The van der Waals surface area contributed by atoms with E-state index in [-0.39, 0.29) is 12.5 Å². The fourth-order valence-corrected chi connectivity index (χ4v) is 4.34. The van der Waals surface area contributed by atoms with Crippen molar-refractivity contribution in [3.63, 3.8) is 0 Å². The van der Waals surface area contributed by atoms with Crippen molar-refractivity contribution in [2.75, 3.05) is 13.2 Å². The van der Waals surface area contributed by atoms with E-state index in [1.807, 2.05) is 36.4 Å². The van der Waals surface area contributed by atoms with Crippen LogP contribution in [0.4, 0.5) is 0 Å². The zero-order valence-corrected chi connectivity index (χ0v) is 23.2. The zero-order chi connectivity index (χ0) is 29.4. The van der Waals surface area contributed by atoms with Gasteiger partial charge in [-0.05, 0) is 67.5 Å². The van der Waals surface area contributed by atoms with Gasteiger partial charge in [-0.25, -0.2) is 5.43 Å². The maximum Gasteiger partial charge on any atom is 0.322 e. The van der Waals surface area contributed by atoms with Gasteiger partial charge in [0.25, 0.3) is 11.8 Å². The Kier molecular flexibility index (Phi) is 10.6. The quantitative estimate of drug-likeness (QED) is 0.282. The lowest BCUT2D eigenvalue weighted by atomic mass is 10.0. The first-order chi connectivity index (χ1) is 19.0. The second-order valence-corrected chi connectivity index (χ2v) is 10.3. The fraction of sp³-hybridized carbons (Fsp3) is 0.448. The molecule has 216 valence electrons. The van der Waals surface area contributed by atoms with Crippen molar-refractivity contribution in [2.24, 2.45) is 5.92 Å². The van der Waals surface area contributed by atoms with Gasteiger partial charge in [0.05, 0.1) is 6.10 Å². The van der Waals surface area contributed by atoms with Crippen LogP contribution in [0.5, 0.6) is 5.75 Å². The van der Waals surface area contributed by atoms with E-state index in [0.717, 1.165) is 16.7 Å². The molecule has 1 saturated heterocycles. The Morgan fingerprint density at radius 1 is 1.02 bits per heavy atom.